The van der Waals surface area contributed by atoms with Gasteiger partial charge >= 0.3 is 0 Å². The van der Waals surface area contributed by atoms with Gasteiger partial charge in [0.1, 0.15) is 5.65 Å². The van der Waals surface area contributed by atoms with Crippen molar-refractivity contribution in [3.8, 4) is 0 Å². The fourth-order valence-corrected chi connectivity index (χ4v) is 1.25. The van der Waals surface area contributed by atoms with E-state index < -0.39 is 0 Å². The third-order valence-electron chi connectivity index (χ3n) is 1.35. The maximum atomic E-state index is 4.10. The SMILES string of the molecule is Br.Brc1ccc2nccn2c1. The molecule has 2 nitrogen and oxygen atoms in total. The summed E-state index contributed by atoms with van der Waals surface area (Å²) in [6.07, 6.45) is 5.67. The second-order valence-electron chi connectivity index (χ2n) is 2.04. The Morgan fingerprint density at radius 3 is 3.00 bits per heavy atom. The Morgan fingerprint density at radius 1 is 1.36 bits per heavy atom. The van der Waals surface area contributed by atoms with Gasteiger partial charge in [-0.2, -0.15) is 0 Å². The summed E-state index contributed by atoms with van der Waals surface area (Å²) in [5, 5.41) is 0. The van der Waals surface area contributed by atoms with Gasteiger partial charge in [0.15, 0.2) is 0 Å². The van der Waals surface area contributed by atoms with Gasteiger partial charge in [-0.15, -0.1) is 17.0 Å². The fourth-order valence-electron chi connectivity index (χ4n) is 0.893. The molecule has 0 N–H and O–H groups in total. The number of nitrogens with zero attached hydrogens (tertiary/aromatic N) is 2. The van der Waals surface area contributed by atoms with Crippen LogP contribution in [0.3, 0.4) is 0 Å². The zero-order chi connectivity index (χ0) is 6.97. The molecule has 0 bridgehead atoms. The molecule has 0 amide bonds. The van der Waals surface area contributed by atoms with Crippen LogP contribution in [0, 0.1) is 0 Å². The van der Waals surface area contributed by atoms with Crippen molar-refractivity contribution in [2.45, 2.75) is 0 Å². The molecule has 0 fully saturated rings. The molecule has 2 aromatic rings. The standard InChI is InChI=1S/C7H5BrN2.BrH/c8-6-1-2-7-9-3-4-10(7)5-6;/h1-5H;1H. The molecule has 11 heavy (non-hydrogen) atoms. The maximum Gasteiger partial charge on any atom is 0.136 e. The molecule has 0 aliphatic rings. The van der Waals surface area contributed by atoms with Crippen molar-refractivity contribution in [1.82, 2.24) is 9.38 Å². The van der Waals surface area contributed by atoms with Crippen LogP contribution in [0.4, 0.5) is 0 Å². The van der Waals surface area contributed by atoms with Gasteiger partial charge in [-0.3, -0.25) is 0 Å². The lowest BCUT2D eigenvalue weighted by Gasteiger charge is -1.91. The molecule has 0 aliphatic carbocycles. The van der Waals surface area contributed by atoms with E-state index in [1.54, 1.807) is 6.20 Å². The number of pyridine rings is 1. The normalized spacial score (nSPS) is 9.55. The molecular weight excluding hydrogens is 272 g/mol. The van der Waals surface area contributed by atoms with Gasteiger partial charge in [0, 0.05) is 23.1 Å². The van der Waals surface area contributed by atoms with E-state index in [2.05, 4.69) is 20.9 Å². The highest BCUT2D eigenvalue weighted by Crippen LogP contribution is 2.09. The van der Waals surface area contributed by atoms with E-state index in [0.29, 0.717) is 0 Å². The number of rotatable bonds is 0. The summed E-state index contributed by atoms with van der Waals surface area (Å²) in [6, 6.07) is 3.94. The van der Waals surface area contributed by atoms with E-state index in [0.717, 1.165) is 10.1 Å². The molecule has 4 heteroatoms. The molecule has 0 saturated carbocycles. The Labute approximate surface area is 83.1 Å². The molecule has 0 aliphatic heterocycles. The second-order valence-corrected chi connectivity index (χ2v) is 2.96. The van der Waals surface area contributed by atoms with E-state index in [4.69, 9.17) is 0 Å². The molecule has 0 atom stereocenters. The Bertz CT molecular complexity index is 356. The molecule has 2 rings (SSSR count). The lowest BCUT2D eigenvalue weighted by atomic mass is 10.5. The van der Waals surface area contributed by atoms with Crippen LogP contribution in [-0.4, -0.2) is 9.38 Å². The summed E-state index contributed by atoms with van der Waals surface area (Å²) < 4.78 is 3.03. The highest BCUT2D eigenvalue weighted by atomic mass is 79.9. The lowest BCUT2D eigenvalue weighted by molar-refractivity contribution is 1.17. The zero-order valence-corrected chi connectivity index (χ0v) is 8.87. The van der Waals surface area contributed by atoms with Gasteiger partial charge in [-0.25, -0.2) is 4.98 Å². The molecule has 2 aromatic heterocycles. The average Bonchev–Trinajstić information content (AvgIpc) is 2.33. The van der Waals surface area contributed by atoms with Gasteiger partial charge in [-0.05, 0) is 28.1 Å². The van der Waals surface area contributed by atoms with Crippen LogP contribution < -0.4 is 0 Å². The Hall–Kier alpha value is -0.350. The molecule has 0 aromatic carbocycles. The van der Waals surface area contributed by atoms with Crippen molar-refractivity contribution >= 4 is 38.6 Å². The Morgan fingerprint density at radius 2 is 2.18 bits per heavy atom. The summed E-state index contributed by atoms with van der Waals surface area (Å²) in [4.78, 5) is 4.10. The topological polar surface area (TPSA) is 17.3 Å². The van der Waals surface area contributed by atoms with E-state index in [-0.39, 0.29) is 17.0 Å². The maximum absolute atomic E-state index is 4.10. The van der Waals surface area contributed by atoms with Gasteiger partial charge < -0.3 is 4.40 Å². The minimum atomic E-state index is 0. The largest absolute Gasteiger partial charge is 0.306 e. The number of fused-ring (bicyclic) bond motifs is 1. The van der Waals surface area contributed by atoms with E-state index in [1.807, 2.05) is 28.9 Å². The quantitative estimate of drug-likeness (QED) is 0.724. The van der Waals surface area contributed by atoms with Crippen LogP contribution >= 0.6 is 32.9 Å². The van der Waals surface area contributed by atoms with Crippen LogP contribution in [-0.2, 0) is 0 Å². The number of aromatic nitrogens is 2. The molecular formula is C7H6Br2N2. The fraction of sp³-hybridized carbons (Fsp3) is 0. The van der Waals surface area contributed by atoms with Gasteiger partial charge in [-0.1, -0.05) is 0 Å². The minimum Gasteiger partial charge on any atom is -0.306 e. The Kier molecular flexibility index (Phi) is 2.67. The first-order valence-corrected chi connectivity index (χ1v) is 3.74. The second kappa shape index (κ2) is 3.36. The first-order valence-electron chi connectivity index (χ1n) is 2.94. The van der Waals surface area contributed by atoms with Crippen molar-refractivity contribution in [3.05, 3.63) is 35.2 Å². The first kappa shape index (κ1) is 8.74. The van der Waals surface area contributed by atoms with Gasteiger partial charge in [0.05, 0.1) is 0 Å². The van der Waals surface area contributed by atoms with Crippen LogP contribution in [0.5, 0.6) is 0 Å². The van der Waals surface area contributed by atoms with E-state index in [1.165, 1.54) is 0 Å². The molecule has 0 spiro atoms. The van der Waals surface area contributed by atoms with Crippen LogP contribution in [0.15, 0.2) is 35.2 Å². The molecule has 2 heterocycles. The highest BCUT2D eigenvalue weighted by molar-refractivity contribution is 9.10. The predicted molar refractivity (Wildman–Crippen MR) is 53.2 cm³/mol. The van der Waals surface area contributed by atoms with Crippen molar-refractivity contribution < 1.29 is 0 Å². The Balaban J connectivity index is 0.000000605. The van der Waals surface area contributed by atoms with Gasteiger partial charge in [0.2, 0.25) is 0 Å². The van der Waals surface area contributed by atoms with E-state index in [9.17, 15) is 0 Å². The smallest absolute Gasteiger partial charge is 0.136 e. The molecule has 0 unspecified atom stereocenters. The third-order valence-corrected chi connectivity index (χ3v) is 1.82. The average molecular weight is 278 g/mol. The van der Waals surface area contributed by atoms with Crippen molar-refractivity contribution in [2.75, 3.05) is 0 Å². The zero-order valence-electron chi connectivity index (χ0n) is 5.57. The third kappa shape index (κ3) is 1.62. The van der Waals surface area contributed by atoms with Gasteiger partial charge in [0.25, 0.3) is 0 Å². The van der Waals surface area contributed by atoms with Crippen molar-refractivity contribution in [1.29, 1.82) is 0 Å². The number of halogens is 2. The lowest BCUT2D eigenvalue weighted by Crippen LogP contribution is -1.80. The first-order chi connectivity index (χ1) is 4.86. The summed E-state index contributed by atoms with van der Waals surface area (Å²) in [5.74, 6) is 0. The summed E-state index contributed by atoms with van der Waals surface area (Å²) in [5.41, 5.74) is 0.975. The summed E-state index contributed by atoms with van der Waals surface area (Å²) in [7, 11) is 0. The highest BCUT2D eigenvalue weighted by Gasteiger charge is 1.91. The van der Waals surface area contributed by atoms with Crippen LogP contribution in [0.1, 0.15) is 0 Å². The monoisotopic (exact) mass is 276 g/mol. The van der Waals surface area contributed by atoms with Crippen molar-refractivity contribution in [2.24, 2.45) is 0 Å². The van der Waals surface area contributed by atoms with Crippen LogP contribution in [0.2, 0.25) is 0 Å². The summed E-state index contributed by atoms with van der Waals surface area (Å²) >= 11 is 3.37. The summed E-state index contributed by atoms with van der Waals surface area (Å²) in [6.45, 7) is 0. The molecule has 0 radical (unpaired) electrons. The predicted octanol–water partition coefficient (Wildman–Crippen LogP) is 2.67. The van der Waals surface area contributed by atoms with E-state index >= 15 is 0 Å². The van der Waals surface area contributed by atoms with Crippen molar-refractivity contribution in [3.63, 3.8) is 0 Å². The van der Waals surface area contributed by atoms with Crippen LogP contribution in [0.25, 0.3) is 5.65 Å². The minimum absolute atomic E-state index is 0. The molecule has 0 saturated heterocycles. The number of imidazole rings is 1. The number of hydrogen-bond donors (Lipinski definition) is 0. The molecule has 58 valence electrons. The number of hydrogen-bond acceptors (Lipinski definition) is 1.